The first-order valence-electron chi connectivity index (χ1n) is 8.63. The number of likely N-dealkylation sites (tertiary alicyclic amines) is 1. The molecule has 6 heteroatoms. The number of methoxy groups -OCH3 is 1. The molecule has 1 saturated heterocycles. The van der Waals surface area contributed by atoms with E-state index in [2.05, 4.69) is 23.3 Å². The maximum absolute atomic E-state index is 5.73. The molecule has 0 bridgehead atoms. The van der Waals surface area contributed by atoms with Crippen LogP contribution in [-0.4, -0.2) is 39.4 Å². The zero-order valence-corrected chi connectivity index (χ0v) is 15.6. The fraction of sp³-hybridized carbons (Fsp3) is 0.556. The standard InChI is InChI=1S/C18H26N4OS/c1-14(2)12-21-17(15-6-8-16(23-3)9-7-15)19-22(18(21)24)13-20-10-4-5-11-20/h6-9,14H,4-5,10-13H2,1-3H3. The molecule has 0 radical (unpaired) electrons. The van der Waals surface area contributed by atoms with E-state index in [9.17, 15) is 0 Å². The molecule has 130 valence electrons. The molecule has 5 nitrogen and oxygen atoms in total. The monoisotopic (exact) mass is 346 g/mol. The molecule has 3 rings (SSSR count). The van der Waals surface area contributed by atoms with Gasteiger partial charge in [0.2, 0.25) is 0 Å². The lowest BCUT2D eigenvalue weighted by molar-refractivity contribution is 0.252. The van der Waals surface area contributed by atoms with Gasteiger partial charge in [0.1, 0.15) is 5.75 Å². The minimum Gasteiger partial charge on any atom is -0.497 e. The highest BCUT2D eigenvalue weighted by molar-refractivity contribution is 7.71. The van der Waals surface area contributed by atoms with E-state index in [0.717, 1.165) is 48.2 Å². The summed E-state index contributed by atoms with van der Waals surface area (Å²) >= 11 is 5.73. The summed E-state index contributed by atoms with van der Waals surface area (Å²) in [5, 5.41) is 4.85. The Bertz CT molecular complexity index is 726. The Kier molecular flexibility index (Phi) is 5.36. The van der Waals surface area contributed by atoms with Crippen molar-refractivity contribution in [2.75, 3.05) is 20.2 Å². The third kappa shape index (κ3) is 3.70. The van der Waals surface area contributed by atoms with Gasteiger partial charge in [0, 0.05) is 12.1 Å². The van der Waals surface area contributed by atoms with Crippen molar-refractivity contribution in [3.63, 3.8) is 0 Å². The van der Waals surface area contributed by atoms with E-state index in [1.54, 1.807) is 7.11 Å². The quantitative estimate of drug-likeness (QED) is 0.745. The van der Waals surface area contributed by atoms with Crippen LogP contribution < -0.4 is 4.74 Å². The van der Waals surface area contributed by atoms with Crippen molar-refractivity contribution in [2.24, 2.45) is 5.92 Å². The summed E-state index contributed by atoms with van der Waals surface area (Å²) in [6, 6.07) is 8.04. The zero-order chi connectivity index (χ0) is 17.1. The van der Waals surface area contributed by atoms with E-state index >= 15 is 0 Å². The highest BCUT2D eigenvalue weighted by Crippen LogP contribution is 2.23. The molecule has 1 aliphatic rings. The van der Waals surface area contributed by atoms with Crippen molar-refractivity contribution in [3.8, 4) is 17.1 Å². The van der Waals surface area contributed by atoms with Crippen molar-refractivity contribution in [2.45, 2.75) is 39.9 Å². The highest BCUT2D eigenvalue weighted by Gasteiger charge is 2.17. The summed E-state index contributed by atoms with van der Waals surface area (Å²) in [5.41, 5.74) is 1.07. The second-order valence-electron chi connectivity index (χ2n) is 6.81. The summed E-state index contributed by atoms with van der Waals surface area (Å²) in [4.78, 5) is 2.42. The summed E-state index contributed by atoms with van der Waals surface area (Å²) in [5.74, 6) is 2.30. The molecule has 0 unspecified atom stereocenters. The van der Waals surface area contributed by atoms with Gasteiger partial charge in [-0.25, -0.2) is 4.68 Å². The van der Waals surface area contributed by atoms with Gasteiger partial charge in [-0.3, -0.25) is 9.47 Å². The van der Waals surface area contributed by atoms with Gasteiger partial charge in [0.25, 0.3) is 0 Å². The normalized spacial score (nSPS) is 15.3. The van der Waals surface area contributed by atoms with Crippen LogP contribution in [0, 0.1) is 10.7 Å². The molecule has 1 aromatic carbocycles. The summed E-state index contributed by atoms with van der Waals surface area (Å²) in [6.07, 6.45) is 2.54. The second kappa shape index (κ2) is 7.49. The molecule has 0 spiro atoms. The minimum absolute atomic E-state index is 0.512. The predicted octanol–water partition coefficient (Wildman–Crippen LogP) is 3.80. The van der Waals surface area contributed by atoms with Crippen molar-refractivity contribution >= 4 is 12.2 Å². The lowest BCUT2D eigenvalue weighted by Gasteiger charge is -2.13. The first kappa shape index (κ1) is 17.2. The topological polar surface area (TPSA) is 35.2 Å². The van der Waals surface area contributed by atoms with Crippen molar-refractivity contribution < 1.29 is 4.74 Å². The molecule has 0 aliphatic carbocycles. The minimum atomic E-state index is 0.512. The zero-order valence-electron chi connectivity index (χ0n) is 14.7. The average molecular weight is 347 g/mol. The van der Waals surface area contributed by atoms with Crippen molar-refractivity contribution in [1.29, 1.82) is 0 Å². The Morgan fingerprint density at radius 2 is 1.83 bits per heavy atom. The predicted molar refractivity (Wildman–Crippen MR) is 98.7 cm³/mol. The number of rotatable bonds is 6. The number of nitrogens with zero attached hydrogens (tertiary/aromatic N) is 4. The lowest BCUT2D eigenvalue weighted by atomic mass is 10.2. The molecule has 24 heavy (non-hydrogen) atoms. The SMILES string of the molecule is COc1ccc(-c2nn(CN3CCCC3)c(=S)n2CC(C)C)cc1. The largest absolute Gasteiger partial charge is 0.497 e. The van der Waals surface area contributed by atoms with Crippen LogP contribution in [0.2, 0.25) is 0 Å². The maximum Gasteiger partial charge on any atom is 0.199 e. The molecule has 2 aromatic rings. The second-order valence-corrected chi connectivity index (χ2v) is 7.17. The summed E-state index contributed by atoms with van der Waals surface area (Å²) in [7, 11) is 1.68. The molecule has 0 saturated carbocycles. The maximum atomic E-state index is 5.73. The number of ether oxygens (including phenoxy) is 1. The van der Waals surface area contributed by atoms with Crippen LogP contribution in [0.5, 0.6) is 5.75 Å². The molecular formula is C18H26N4OS. The Labute approximate surface area is 148 Å². The summed E-state index contributed by atoms with van der Waals surface area (Å²) < 4.78 is 10.2. The van der Waals surface area contributed by atoms with Crippen LogP contribution in [0.15, 0.2) is 24.3 Å². The number of aromatic nitrogens is 3. The lowest BCUT2D eigenvalue weighted by Crippen LogP contribution is -2.23. The van der Waals surface area contributed by atoms with E-state index < -0.39 is 0 Å². The van der Waals surface area contributed by atoms with Gasteiger partial charge in [-0.1, -0.05) is 13.8 Å². The smallest absolute Gasteiger partial charge is 0.199 e. The molecule has 1 aromatic heterocycles. The van der Waals surface area contributed by atoms with Crippen LogP contribution in [0.4, 0.5) is 0 Å². The van der Waals surface area contributed by atoms with E-state index in [1.807, 2.05) is 28.9 Å². The molecular weight excluding hydrogens is 320 g/mol. The van der Waals surface area contributed by atoms with Gasteiger partial charge in [0.15, 0.2) is 10.6 Å². The Balaban J connectivity index is 1.97. The molecule has 1 fully saturated rings. The average Bonchev–Trinajstić information content (AvgIpc) is 3.18. The van der Waals surface area contributed by atoms with Crippen LogP contribution in [0.1, 0.15) is 26.7 Å². The third-order valence-electron chi connectivity index (χ3n) is 4.35. The first-order chi connectivity index (χ1) is 11.6. The fourth-order valence-electron chi connectivity index (χ4n) is 3.13. The van der Waals surface area contributed by atoms with Gasteiger partial charge in [0.05, 0.1) is 13.8 Å². The van der Waals surface area contributed by atoms with Crippen molar-refractivity contribution in [3.05, 3.63) is 29.0 Å². The van der Waals surface area contributed by atoms with Gasteiger partial charge >= 0.3 is 0 Å². The number of benzene rings is 1. The van der Waals surface area contributed by atoms with Gasteiger partial charge < -0.3 is 4.74 Å². The molecule has 0 amide bonds. The van der Waals surface area contributed by atoms with Gasteiger partial charge in [-0.2, -0.15) is 5.10 Å². The first-order valence-corrected chi connectivity index (χ1v) is 9.03. The number of hydrogen-bond donors (Lipinski definition) is 0. The number of hydrogen-bond acceptors (Lipinski definition) is 4. The highest BCUT2D eigenvalue weighted by atomic mass is 32.1. The Morgan fingerprint density at radius 3 is 2.42 bits per heavy atom. The van der Waals surface area contributed by atoms with E-state index in [0.29, 0.717) is 5.92 Å². The molecule has 0 atom stereocenters. The van der Waals surface area contributed by atoms with E-state index in [4.69, 9.17) is 22.1 Å². The molecule has 1 aliphatic heterocycles. The van der Waals surface area contributed by atoms with Crippen molar-refractivity contribution in [1.82, 2.24) is 19.2 Å². The van der Waals surface area contributed by atoms with Gasteiger partial charge in [-0.15, -0.1) is 0 Å². The van der Waals surface area contributed by atoms with Crippen LogP contribution in [0.25, 0.3) is 11.4 Å². The third-order valence-corrected chi connectivity index (χ3v) is 4.78. The van der Waals surface area contributed by atoms with Crippen LogP contribution in [-0.2, 0) is 13.2 Å². The summed E-state index contributed by atoms with van der Waals surface area (Å²) in [6.45, 7) is 8.34. The fourth-order valence-corrected chi connectivity index (χ4v) is 3.39. The molecule has 2 heterocycles. The van der Waals surface area contributed by atoms with E-state index in [1.165, 1.54) is 12.8 Å². The Morgan fingerprint density at radius 1 is 1.17 bits per heavy atom. The molecule has 0 N–H and O–H groups in total. The van der Waals surface area contributed by atoms with Crippen LogP contribution in [0.3, 0.4) is 0 Å². The van der Waals surface area contributed by atoms with Crippen LogP contribution >= 0.6 is 12.2 Å². The van der Waals surface area contributed by atoms with E-state index in [-0.39, 0.29) is 0 Å². The van der Waals surface area contributed by atoms with Gasteiger partial charge in [-0.05, 0) is 68.3 Å². The Hall–Kier alpha value is -1.66.